The van der Waals surface area contributed by atoms with E-state index in [4.69, 9.17) is 0 Å². The summed E-state index contributed by atoms with van der Waals surface area (Å²) >= 11 is 0. The van der Waals surface area contributed by atoms with Gasteiger partial charge in [0.2, 0.25) is 5.82 Å². The van der Waals surface area contributed by atoms with Crippen molar-refractivity contribution in [2.45, 2.75) is 20.8 Å². The molecule has 0 aliphatic rings. The van der Waals surface area contributed by atoms with Crippen molar-refractivity contribution in [1.29, 1.82) is 0 Å². The maximum Gasteiger partial charge on any atom is 0.200 e. The molecule has 0 heterocycles. The molecule has 0 fully saturated rings. The average molecular weight is 253 g/mol. The second-order valence-corrected chi connectivity index (χ2v) is 2.61. The quantitative estimate of drug-likeness (QED) is 0.328. The second kappa shape index (κ2) is 6.98. The van der Waals surface area contributed by atoms with Gasteiger partial charge in [0.25, 0.3) is 0 Å². The second-order valence-electron chi connectivity index (χ2n) is 2.61. The molecule has 0 saturated heterocycles. The number of rotatable bonds is 2. The van der Waals surface area contributed by atoms with Crippen LogP contribution in [0.4, 0.5) is 22.0 Å². The van der Waals surface area contributed by atoms with E-state index in [0.717, 1.165) is 0 Å². The summed E-state index contributed by atoms with van der Waals surface area (Å²) in [4.78, 5) is 3.41. The van der Waals surface area contributed by atoms with Gasteiger partial charge in [-0.1, -0.05) is 13.8 Å². The standard InChI is InChI=1S/C9H6F5N.C2H6/c1-2-15-3-4-5(10)7(12)9(14)8(13)6(4)11;1-2/h3H,2H2,1H3;1-2H3. The summed E-state index contributed by atoms with van der Waals surface area (Å²) in [7, 11) is 0. The summed E-state index contributed by atoms with van der Waals surface area (Å²) in [5.74, 6) is -9.84. The summed E-state index contributed by atoms with van der Waals surface area (Å²) in [6.07, 6.45) is 0.621. The molecule has 0 radical (unpaired) electrons. The molecular weight excluding hydrogens is 241 g/mol. The fourth-order valence-electron chi connectivity index (χ4n) is 0.918. The van der Waals surface area contributed by atoms with Crippen molar-refractivity contribution in [1.82, 2.24) is 0 Å². The van der Waals surface area contributed by atoms with Gasteiger partial charge in [-0.15, -0.1) is 0 Å². The Morgan fingerprint density at radius 3 is 1.53 bits per heavy atom. The van der Waals surface area contributed by atoms with Crippen molar-refractivity contribution in [3.05, 3.63) is 34.6 Å². The molecule has 1 aromatic carbocycles. The van der Waals surface area contributed by atoms with Crippen LogP contribution in [0.25, 0.3) is 0 Å². The van der Waals surface area contributed by atoms with Crippen LogP contribution in [0, 0.1) is 29.1 Å². The third-order valence-electron chi connectivity index (χ3n) is 1.65. The van der Waals surface area contributed by atoms with Gasteiger partial charge in [-0.05, 0) is 6.92 Å². The summed E-state index contributed by atoms with van der Waals surface area (Å²) in [5.41, 5.74) is -1.02. The van der Waals surface area contributed by atoms with Gasteiger partial charge in [-0.3, -0.25) is 4.99 Å². The van der Waals surface area contributed by atoms with Crippen molar-refractivity contribution in [3.8, 4) is 0 Å². The largest absolute Gasteiger partial charge is 0.293 e. The lowest BCUT2D eigenvalue weighted by molar-refractivity contribution is 0.377. The first-order valence-corrected chi connectivity index (χ1v) is 5.02. The maximum absolute atomic E-state index is 12.9. The molecule has 0 amide bonds. The minimum Gasteiger partial charge on any atom is -0.293 e. The number of hydrogen-bond donors (Lipinski definition) is 0. The lowest BCUT2D eigenvalue weighted by Gasteiger charge is -2.03. The Morgan fingerprint density at radius 2 is 1.18 bits per heavy atom. The summed E-state index contributed by atoms with van der Waals surface area (Å²) < 4.78 is 63.6. The number of hydrogen-bond acceptors (Lipinski definition) is 1. The van der Waals surface area contributed by atoms with E-state index in [1.807, 2.05) is 13.8 Å². The van der Waals surface area contributed by atoms with Crippen LogP contribution in [0.2, 0.25) is 0 Å². The van der Waals surface area contributed by atoms with Crippen molar-refractivity contribution in [3.63, 3.8) is 0 Å². The zero-order valence-corrected chi connectivity index (χ0v) is 9.62. The van der Waals surface area contributed by atoms with Gasteiger partial charge in [0.15, 0.2) is 23.3 Å². The number of benzene rings is 1. The minimum atomic E-state index is -2.17. The summed E-state index contributed by atoms with van der Waals surface area (Å²) in [6.45, 7) is 5.74. The zero-order chi connectivity index (χ0) is 13.6. The average Bonchev–Trinajstić information content (AvgIpc) is 2.36. The van der Waals surface area contributed by atoms with Crippen LogP contribution in [0.5, 0.6) is 0 Å². The molecule has 0 spiro atoms. The Kier molecular flexibility index (Phi) is 6.38. The van der Waals surface area contributed by atoms with Gasteiger partial charge < -0.3 is 0 Å². The van der Waals surface area contributed by atoms with E-state index >= 15 is 0 Å². The summed E-state index contributed by atoms with van der Waals surface area (Å²) in [5, 5.41) is 0. The minimum absolute atomic E-state index is 0.180. The monoisotopic (exact) mass is 253 g/mol. The normalized spacial score (nSPS) is 10.4. The van der Waals surface area contributed by atoms with E-state index in [1.165, 1.54) is 0 Å². The fourth-order valence-corrected chi connectivity index (χ4v) is 0.918. The third-order valence-corrected chi connectivity index (χ3v) is 1.65. The van der Waals surface area contributed by atoms with Gasteiger partial charge in [0, 0.05) is 12.8 Å². The number of halogens is 5. The highest BCUT2D eigenvalue weighted by atomic mass is 19.2. The molecule has 0 atom stereocenters. The molecule has 0 saturated carbocycles. The molecule has 1 rings (SSSR count). The van der Waals surface area contributed by atoms with Crippen LogP contribution in [-0.4, -0.2) is 12.8 Å². The molecule has 0 aliphatic heterocycles. The smallest absolute Gasteiger partial charge is 0.200 e. The Morgan fingerprint density at radius 1 is 0.824 bits per heavy atom. The van der Waals surface area contributed by atoms with E-state index in [-0.39, 0.29) is 6.54 Å². The molecule has 6 heteroatoms. The van der Waals surface area contributed by atoms with E-state index < -0.39 is 34.6 Å². The SMILES string of the molecule is CC.CCN=Cc1c(F)c(F)c(F)c(F)c1F. The van der Waals surface area contributed by atoms with Crippen molar-refractivity contribution in [2.75, 3.05) is 6.54 Å². The topological polar surface area (TPSA) is 12.4 Å². The molecule has 1 aromatic rings. The first kappa shape index (κ1) is 15.5. The molecule has 0 unspecified atom stereocenters. The van der Waals surface area contributed by atoms with Gasteiger partial charge >= 0.3 is 0 Å². The Bertz CT molecular complexity index is 386. The lowest BCUT2D eigenvalue weighted by Crippen LogP contribution is -2.06. The molecule has 17 heavy (non-hydrogen) atoms. The van der Waals surface area contributed by atoms with E-state index in [2.05, 4.69) is 4.99 Å². The molecule has 0 aliphatic carbocycles. The van der Waals surface area contributed by atoms with Crippen LogP contribution in [0.15, 0.2) is 4.99 Å². The predicted octanol–water partition coefficient (Wildman–Crippen LogP) is 3.85. The van der Waals surface area contributed by atoms with Crippen LogP contribution in [0.3, 0.4) is 0 Å². The molecule has 0 aromatic heterocycles. The van der Waals surface area contributed by atoms with Crippen LogP contribution in [0.1, 0.15) is 26.3 Å². The molecule has 96 valence electrons. The van der Waals surface area contributed by atoms with Crippen molar-refractivity contribution >= 4 is 6.21 Å². The first-order valence-electron chi connectivity index (χ1n) is 5.02. The van der Waals surface area contributed by atoms with Crippen LogP contribution >= 0.6 is 0 Å². The molecule has 0 N–H and O–H groups in total. The maximum atomic E-state index is 12.9. The van der Waals surface area contributed by atoms with Crippen molar-refractivity contribution < 1.29 is 22.0 Å². The highest BCUT2D eigenvalue weighted by Gasteiger charge is 2.24. The third kappa shape index (κ3) is 3.25. The van der Waals surface area contributed by atoms with Crippen LogP contribution < -0.4 is 0 Å². The van der Waals surface area contributed by atoms with Crippen molar-refractivity contribution in [2.24, 2.45) is 4.99 Å². The van der Waals surface area contributed by atoms with Gasteiger partial charge in [-0.25, -0.2) is 22.0 Å². The van der Waals surface area contributed by atoms with Crippen LogP contribution in [-0.2, 0) is 0 Å². The number of aliphatic imine (C=N–C) groups is 1. The Balaban J connectivity index is 0.00000121. The Labute approximate surface area is 96.0 Å². The molecule has 1 nitrogen and oxygen atoms in total. The fraction of sp³-hybridized carbons (Fsp3) is 0.364. The van der Waals surface area contributed by atoms with E-state index in [1.54, 1.807) is 6.92 Å². The highest BCUT2D eigenvalue weighted by Crippen LogP contribution is 2.21. The van der Waals surface area contributed by atoms with Gasteiger partial charge in [-0.2, -0.15) is 0 Å². The van der Waals surface area contributed by atoms with Gasteiger partial charge in [0.1, 0.15) is 0 Å². The van der Waals surface area contributed by atoms with E-state index in [0.29, 0.717) is 6.21 Å². The highest BCUT2D eigenvalue weighted by molar-refractivity contribution is 5.80. The summed E-state index contributed by atoms with van der Waals surface area (Å²) in [6, 6.07) is 0. The molecule has 0 bridgehead atoms. The predicted molar refractivity (Wildman–Crippen MR) is 55.7 cm³/mol. The van der Waals surface area contributed by atoms with E-state index in [9.17, 15) is 22.0 Å². The number of nitrogens with zero attached hydrogens (tertiary/aromatic N) is 1. The molecular formula is C11H12F5N. The zero-order valence-electron chi connectivity index (χ0n) is 9.62. The first-order chi connectivity index (χ1) is 8.00. The Hall–Kier alpha value is -1.46. The lowest BCUT2D eigenvalue weighted by atomic mass is 10.2. The van der Waals surface area contributed by atoms with Gasteiger partial charge in [0.05, 0.1) is 5.56 Å².